The minimum absolute atomic E-state index is 0.0525. The maximum atomic E-state index is 13.3. The molecule has 1 aliphatic carbocycles. The fourth-order valence-corrected chi connectivity index (χ4v) is 4.66. The molecule has 0 radical (unpaired) electrons. The number of esters is 1. The van der Waals surface area contributed by atoms with Crippen molar-refractivity contribution in [2.75, 3.05) is 5.32 Å². The summed E-state index contributed by atoms with van der Waals surface area (Å²) in [5.74, 6) is -0.771. The highest BCUT2D eigenvalue weighted by Crippen LogP contribution is 2.45. The molecule has 0 atom stereocenters. The van der Waals surface area contributed by atoms with Crippen molar-refractivity contribution >= 4 is 28.9 Å². The quantitative estimate of drug-likeness (QED) is 0.498. The number of halogens is 1. The molecule has 0 saturated heterocycles. The molecule has 32 heavy (non-hydrogen) atoms. The van der Waals surface area contributed by atoms with Crippen LogP contribution in [-0.4, -0.2) is 16.9 Å². The van der Waals surface area contributed by atoms with E-state index in [4.69, 9.17) is 4.74 Å². The van der Waals surface area contributed by atoms with Gasteiger partial charge in [0.1, 0.15) is 17.4 Å². The predicted molar refractivity (Wildman–Crippen MR) is 122 cm³/mol. The van der Waals surface area contributed by atoms with E-state index in [0.717, 1.165) is 28.8 Å². The van der Waals surface area contributed by atoms with Crippen molar-refractivity contribution in [3.8, 4) is 0 Å². The van der Waals surface area contributed by atoms with Gasteiger partial charge in [0.05, 0.1) is 17.5 Å². The Morgan fingerprint density at radius 1 is 1.16 bits per heavy atom. The van der Waals surface area contributed by atoms with E-state index in [9.17, 15) is 14.0 Å². The Hall–Kier alpha value is -3.06. The molecule has 0 unspecified atom stereocenters. The van der Waals surface area contributed by atoms with Crippen molar-refractivity contribution in [2.45, 2.75) is 51.6 Å². The van der Waals surface area contributed by atoms with Crippen LogP contribution in [0.25, 0.3) is 0 Å². The van der Waals surface area contributed by atoms with Gasteiger partial charge in [0, 0.05) is 11.1 Å². The molecule has 0 bridgehead atoms. The third kappa shape index (κ3) is 4.72. The number of anilines is 1. The third-order valence-corrected chi connectivity index (χ3v) is 6.82. The third-order valence-electron chi connectivity index (χ3n) is 5.92. The average Bonchev–Trinajstić information content (AvgIpc) is 3.17. The number of aromatic nitrogens is 1. The number of carbonyl (C=O) groups is 2. The van der Waals surface area contributed by atoms with Gasteiger partial charge < -0.3 is 10.1 Å². The number of nitrogens with one attached hydrogen (secondary N) is 1. The second-order valence-corrected chi connectivity index (χ2v) is 9.24. The van der Waals surface area contributed by atoms with E-state index in [1.807, 2.05) is 32.0 Å². The van der Waals surface area contributed by atoms with E-state index in [1.165, 1.54) is 23.5 Å². The van der Waals surface area contributed by atoms with Crippen LogP contribution in [0.2, 0.25) is 0 Å². The monoisotopic (exact) mass is 452 g/mol. The predicted octanol–water partition coefficient (Wildman–Crippen LogP) is 5.25. The maximum Gasteiger partial charge on any atom is 0.316 e. The summed E-state index contributed by atoms with van der Waals surface area (Å²) >= 11 is 1.37. The normalized spacial score (nSPS) is 14.5. The standard InChI is InChI=1S/C25H25FN2O3S/c1-16-4-5-17(2)21(12-16)28-22(29)13-23-27-20(15-32-23)14-31-24(30)25(10-3-11-25)18-6-8-19(26)9-7-18/h4-9,12,15H,3,10-11,13-14H2,1-2H3,(H,28,29). The minimum atomic E-state index is -0.696. The van der Waals surface area contributed by atoms with Gasteiger partial charge in [-0.05, 0) is 61.6 Å². The smallest absolute Gasteiger partial charge is 0.316 e. The lowest BCUT2D eigenvalue weighted by atomic mass is 9.64. The molecule has 1 saturated carbocycles. The van der Waals surface area contributed by atoms with E-state index in [-0.39, 0.29) is 30.7 Å². The molecule has 166 valence electrons. The van der Waals surface area contributed by atoms with Crippen molar-refractivity contribution < 1.29 is 18.7 Å². The van der Waals surface area contributed by atoms with Crippen molar-refractivity contribution in [1.82, 2.24) is 4.98 Å². The van der Waals surface area contributed by atoms with Crippen LogP contribution in [-0.2, 0) is 32.8 Å². The fourth-order valence-electron chi connectivity index (χ4n) is 3.89. The molecule has 0 aliphatic heterocycles. The summed E-state index contributed by atoms with van der Waals surface area (Å²) in [5.41, 5.74) is 3.59. The Morgan fingerprint density at radius 3 is 2.59 bits per heavy atom. The van der Waals surface area contributed by atoms with Crippen LogP contribution in [0.3, 0.4) is 0 Å². The van der Waals surface area contributed by atoms with Crippen LogP contribution < -0.4 is 5.32 Å². The van der Waals surface area contributed by atoms with Gasteiger partial charge in [0.25, 0.3) is 0 Å². The molecule has 7 heteroatoms. The summed E-state index contributed by atoms with van der Waals surface area (Å²) in [6.07, 6.45) is 2.48. The number of benzene rings is 2. The summed E-state index contributed by atoms with van der Waals surface area (Å²) < 4.78 is 18.8. The minimum Gasteiger partial charge on any atom is -0.458 e. The molecule has 3 aromatic rings. The van der Waals surface area contributed by atoms with Crippen molar-refractivity contribution in [3.05, 3.63) is 81.1 Å². The Balaban J connectivity index is 1.34. The Kier molecular flexibility index (Phi) is 6.37. The Labute approximate surface area is 190 Å². The van der Waals surface area contributed by atoms with Crippen LogP contribution in [0, 0.1) is 19.7 Å². The van der Waals surface area contributed by atoms with Crippen molar-refractivity contribution in [3.63, 3.8) is 0 Å². The van der Waals surface area contributed by atoms with Gasteiger partial charge in [-0.2, -0.15) is 0 Å². The summed E-state index contributed by atoms with van der Waals surface area (Å²) in [6.45, 7) is 3.98. The van der Waals surface area contributed by atoms with Gasteiger partial charge in [-0.3, -0.25) is 9.59 Å². The second kappa shape index (κ2) is 9.20. The molecule has 1 heterocycles. The summed E-state index contributed by atoms with van der Waals surface area (Å²) in [4.78, 5) is 29.7. The van der Waals surface area contributed by atoms with Crippen molar-refractivity contribution in [2.24, 2.45) is 0 Å². The number of aryl methyl sites for hydroxylation is 2. The first-order valence-corrected chi connectivity index (χ1v) is 11.5. The average molecular weight is 453 g/mol. The first kappa shape index (κ1) is 22.1. The molecule has 1 amide bonds. The zero-order chi connectivity index (χ0) is 22.7. The fraction of sp³-hybridized carbons (Fsp3) is 0.320. The number of thiazole rings is 1. The molecule has 2 aromatic carbocycles. The molecule has 0 spiro atoms. The molecule has 1 aliphatic rings. The van der Waals surface area contributed by atoms with Gasteiger partial charge in [-0.1, -0.05) is 30.7 Å². The van der Waals surface area contributed by atoms with E-state index < -0.39 is 5.41 Å². The van der Waals surface area contributed by atoms with E-state index in [1.54, 1.807) is 17.5 Å². The summed E-state index contributed by atoms with van der Waals surface area (Å²) in [7, 11) is 0. The number of carbonyl (C=O) groups excluding carboxylic acids is 2. The van der Waals surface area contributed by atoms with Gasteiger partial charge in [-0.25, -0.2) is 9.37 Å². The molecular weight excluding hydrogens is 427 g/mol. The van der Waals surface area contributed by atoms with Crippen LogP contribution in [0.4, 0.5) is 10.1 Å². The largest absolute Gasteiger partial charge is 0.458 e. The van der Waals surface area contributed by atoms with Gasteiger partial charge in [-0.15, -0.1) is 11.3 Å². The maximum absolute atomic E-state index is 13.3. The van der Waals surface area contributed by atoms with E-state index in [2.05, 4.69) is 10.3 Å². The first-order chi connectivity index (χ1) is 15.4. The molecule has 1 fully saturated rings. The zero-order valence-electron chi connectivity index (χ0n) is 18.1. The zero-order valence-corrected chi connectivity index (χ0v) is 18.9. The topological polar surface area (TPSA) is 68.3 Å². The van der Waals surface area contributed by atoms with Gasteiger partial charge >= 0.3 is 5.97 Å². The lowest BCUT2D eigenvalue weighted by molar-refractivity contribution is -0.156. The molecule has 4 rings (SSSR count). The number of rotatable bonds is 7. The number of ether oxygens (including phenoxy) is 1. The van der Waals surface area contributed by atoms with Crippen molar-refractivity contribution in [1.29, 1.82) is 0 Å². The first-order valence-electron chi connectivity index (χ1n) is 10.6. The highest BCUT2D eigenvalue weighted by molar-refractivity contribution is 7.09. The Morgan fingerprint density at radius 2 is 1.91 bits per heavy atom. The van der Waals surface area contributed by atoms with Gasteiger partial charge in [0.2, 0.25) is 5.91 Å². The van der Waals surface area contributed by atoms with Crippen LogP contribution in [0.1, 0.15) is 46.7 Å². The van der Waals surface area contributed by atoms with Gasteiger partial charge in [0.15, 0.2) is 0 Å². The molecule has 1 aromatic heterocycles. The summed E-state index contributed by atoms with van der Waals surface area (Å²) in [6, 6.07) is 12.0. The molecule has 5 nitrogen and oxygen atoms in total. The Bertz CT molecular complexity index is 1140. The number of hydrogen-bond acceptors (Lipinski definition) is 5. The highest BCUT2D eigenvalue weighted by Gasteiger charge is 2.47. The highest BCUT2D eigenvalue weighted by atomic mass is 32.1. The van der Waals surface area contributed by atoms with Crippen LogP contribution in [0.15, 0.2) is 47.8 Å². The second-order valence-electron chi connectivity index (χ2n) is 8.29. The summed E-state index contributed by atoms with van der Waals surface area (Å²) in [5, 5.41) is 5.40. The number of hydrogen-bond donors (Lipinski definition) is 1. The van der Waals surface area contributed by atoms with Crippen LogP contribution in [0.5, 0.6) is 0 Å². The van der Waals surface area contributed by atoms with Crippen LogP contribution >= 0.6 is 11.3 Å². The lowest BCUT2D eigenvalue weighted by Gasteiger charge is -2.39. The molecule has 1 N–H and O–H groups in total. The van der Waals surface area contributed by atoms with E-state index in [0.29, 0.717) is 23.5 Å². The van der Waals surface area contributed by atoms with E-state index >= 15 is 0 Å². The number of amides is 1. The lowest BCUT2D eigenvalue weighted by Crippen LogP contribution is -2.43. The number of nitrogens with zero attached hydrogens (tertiary/aromatic N) is 1. The SMILES string of the molecule is Cc1ccc(C)c(NC(=O)Cc2nc(COC(=O)C3(c4ccc(F)cc4)CCC3)cs2)c1. The molecular formula is C25H25FN2O3S.